The molecule has 0 aromatic heterocycles. The minimum Gasteiger partial charge on any atom is -0.493 e. The molecule has 0 saturated carbocycles. The van der Waals surface area contributed by atoms with E-state index in [9.17, 15) is 4.79 Å². The number of amides is 1. The molecule has 2 aromatic carbocycles. The Morgan fingerprint density at radius 3 is 2.62 bits per heavy atom. The summed E-state index contributed by atoms with van der Waals surface area (Å²) in [6.07, 6.45) is 2.01. The fourth-order valence-electron chi connectivity index (χ4n) is 4.47. The molecule has 0 spiro atoms. The first-order valence-electron chi connectivity index (χ1n) is 11.5. The van der Waals surface area contributed by atoms with Crippen LogP contribution < -0.4 is 14.4 Å². The van der Waals surface area contributed by atoms with Crippen LogP contribution in [0.25, 0.3) is 0 Å². The van der Waals surface area contributed by atoms with Gasteiger partial charge in [-0.2, -0.15) is 5.10 Å². The maximum Gasteiger partial charge on any atom is 0.302 e. The first-order chi connectivity index (χ1) is 16.3. The quantitative estimate of drug-likeness (QED) is 0.434. The second kappa shape index (κ2) is 9.70. The zero-order chi connectivity index (χ0) is 24.5. The third kappa shape index (κ3) is 4.51. The van der Waals surface area contributed by atoms with Crippen LogP contribution in [0.4, 0.5) is 10.5 Å². The van der Waals surface area contributed by atoms with Gasteiger partial charge in [0, 0.05) is 31.4 Å². The number of benzene rings is 2. The van der Waals surface area contributed by atoms with E-state index in [1.807, 2.05) is 25.1 Å². The smallest absolute Gasteiger partial charge is 0.302 e. The predicted octanol–water partition coefficient (Wildman–Crippen LogP) is 5.20. The highest BCUT2D eigenvalue weighted by Crippen LogP contribution is 2.38. The van der Waals surface area contributed by atoms with Crippen LogP contribution in [-0.2, 0) is 6.42 Å². The van der Waals surface area contributed by atoms with Crippen LogP contribution >= 0.6 is 11.8 Å². The van der Waals surface area contributed by atoms with Crippen LogP contribution in [-0.4, -0.2) is 60.9 Å². The number of hydrogen-bond acceptors (Lipinski definition) is 6. The molecule has 2 aliphatic heterocycles. The van der Waals surface area contributed by atoms with E-state index in [1.165, 1.54) is 22.3 Å². The normalized spacial score (nSPS) is 17.9. The number of amidine groups is 1. The van der Waals surface area contributed by atoms with Crippen molar-refractivity contribution in [3.63, 3.8) is 0 Å². The Kier molecular flexibility index (Phi) is 6.89. The van der Waals surface area contributed by atoms with Gasteiger partial charge in [-0.25, -0.2) is 5.01 Å². The van der Waals surface area contributed by atoms with Crippen molar-refractivity contribution in [1.82, 2.24) is 5.01 Å². The van der Waals surface area contributed by atoms with Crippen molar-refractivity contribution < 1.29 is 14.3 Å². The van der Waals surface area contributed by atoms with Crippen molar-refractivity contribution in [1.29, 1.82) is 0 Å². The van der Waals surface area contributed by atoms with Crippen molar-refractivity contribution >= 4 is 34.2 Å². The van der Waals surface area contributed by atoms with E-state index >= 15 is 0 Å². The Balaban J connectivity index is 1.74. The van der Waals surface area contributed by atoms with Gasteiger partial charge in [-0.1, -0.05) is 17.8 Å². The largest absolute Gasteiger partial charge is 0.493 e. The van der Waals surface area contributed by atoms with Crippen LogP contribution in [0.3, 0.4) is 0 Å². The lowest BCUT2D eigenvalue weighted by Gasteiger charge is -2.35. The molecular weight excluding hydrogens is 448 g/mol. The highest BCUT2D eigenvalue weighted by molar-refractivity contribution is 8.15. The number of carbonyl (C=O) groups excluding carboxylic acids is 1. The van der Waals surface area contributed by atoms with Gasteiger partial charge in [0.2, 0.25) is 0 Å². The number of hydrogen-bond donors (Lipinski definition) is 0. The van der Waals surface area contributed by atoms with Gasteiger partial charge >= 0.3 is 5.24 Å². The van der Waals surface area contributed by atoms with Crippen LogP contribution in [0, 0.1) is 0 Å². The van der Waals surface area contributed by atoms with Gasteiger partial charge in [0.05, 0.1) is 24.7 Å². The summed E-state index contributed by atoms with van der Waals surface area (Å²) in [5.74, 6) is 2.31. The van der Waals surface area contributed by atoms with Gasteiger partial charge < -0.3 is 14.4 Å². The Morgan fingerprint density at radius 2 is 1.91 bits per heavy atom. The summed E-state index contributed by atoms with van der Waals surface area (Å²) < 4.78 is 10.6. The topological polar surface area (TPSA) is 66.7 Å². The summed E-state index contributed by atoms with van der Waals surface area (Å²) in [6, 6.07) is 12.4. The van der Waals surface area contributed by atoms with Gasteiger partial charge in [-0.3, -0.25) is 9.79 Å². The summed E-state index contributed by atoms with van der Waals surface area (Å²) in [5, 5.41) is 6.01. The van der Waals surface area contributed by atoms with Crippen molar-refractivity contribution in [3.8, 4) is 11.5 Å². The molecule has 34 heavy (non-hydrogen) atoms. The van der Waals surface area contributed by atoms with E-state index in [0.717, 1.165) is 47.7 Å². The number of carbonyl (C=O) groups is 1. The number of aliphatic imine (C=N–C) groups is 1. The van der Waals surface area contributed by atoms with E-state index in [0.29, 0.717) is 18.0 Å². The summed E-state index contributed by atoms with van der Waals surface area (Å²) in [6.45, 7) is 7.72. The lowest BCUT2D eigenvalue weighted by molar-refractivity contribution is 0.234. The predicted molar refractivity (Wildman–Crippen MR) is 140 cm³/mol. The SMILES string of the molecule is CCN=C(c1ccc(OC)c(OC)c1)N1CCCc2cc(C3=NN(C)C(=O)SC3(C)C)ccc21. The minimum atomic E-state index is -0.388. The van der Waals surface area contributed by atoms with Gasteiger partial charge in [-0.15, -0.1) is 0 Å². The van der Waals surface area contributed by atoms with Crippen LogP contribution in [0.2, 0.25) is 0 Å². The van der Waals surface area contributed by atoms with Gasteiger partial charge in [0.1, 0.15) is 5.84 Å². The Bertz CT molecular complexity index is 1160. The molecule has 7 nitrogen and oxygen atoms in total. The maximum atomic E-state index is 12.2. The van der Waals surface area contributed by atoms with Crippen LogP contribution in [0.15, 0.2) is 46.5 Å². The highest BCUT2D eigenvalue weighted by Gasteiger charge is 2.37. The lowest BCUT2D eigenvalue weighted by Crippen LogP contribution is -2.40. The summed E-state index contributed by atoms with van der Waals surface area (Å²) in [4.78, 5) is 19.3. The molecule has 1 amide bonds. The fourth-order valence-corrected chi connectivity index (χ4v) is 5.34. The van der Waals surface area contributed by atoms with E-state index in [1.54, 1.807) is 21.3 Å². The number of anilines is 1. The number of ether oxygens (including phenoxy) is 2. The highest BCUT2D eigenvalue weighted by atomic mass is 32.2. The van der Waals surface area contributed by atoms with Crippen molar-refractivity contribution in [2.45, 2.75) is 38.4 Å². The molecule has 0 atom stereocenters. The second-order valence-corrected chi connectivity index (χ2v) is 10.4. The van der Waals surface area contributed by atoms with Gasteiger partial charge in [-0.05, 0) is 75.1 Å². The molecule has 2 aromatic rings. The first-order valence-corrected chi connectivity index (χ1v) is 12.3. The molecule has 0 unspecified atom stereocenters. The number of rotatable bonds is 5. The van der Waals surface area contributed by atoms with E-state index in [-0.39, 0.29) is 9.99 Å². The molecule has 0 aliphatic carbocycles. The van der Waals surface area contributed by atoms with Crippen molar-refractivity contribution in [2.24, 2.45) is 10.1 Å². The molecule has 180 valence electrons. The number of hydrazone groups is 1. The molecule has 0 fully saturated rings. The third-order valence-corrected chi connectivity index (χ3v) is 7.25. The summed E-state index contributed by atoms with van der Waals surface area (Å²) >= 11 is 1.31. The van der Waals surface area contributed by atoms with E-state index in [2.05, 4.69) is 42.0 Å². The number of thioether (sulfide) groups is 1. The Labute approximate surface area is 205 Å². The van der Waals surface area contributed by atoms with Crippen molar-refractivity contribution in [3.05, 3.63) is 53.1 Å². The Hall–Kier alpha value is -3.00. The Morgan fingerprint density at radius 1 is 1.15 bits per heavy atom. The maximum absolute atomic E-state index is 12.2. The first kappa shape index (κ1) is 24.1. The monoisotopic (exact) mass is 480 g/mol. The molecule has 2 aliphatic rings. The van der Waals surface area contributed by atoms with Crippen molar-refractivity contribution in [2.75, 3.05) is 39.3 Å². The number of nitrogens with zero attached hydrogens (tertiary/aromatic N) is 4. The number of fused-ring (bicyclic) bond motifs is 1. The molecule has 8 heteroatoms. The average molecular weight is 481 g/mol. The zero-order valence-electron chi connectivity index (χ0n) is 20.7. The van der Waals surface area contributed by atoms with E-state index in [4.69, 9.17) is 14.5 Å². The fraction of sp³-hybridized carbons (Fsp3) is 0.423. The lowest BCUT2D eigenvalue weighted by atomic mass is 9.93. The van der Waals surface area contributed by atoms with Crippen LogP contribution in [0.5, 0.6) is 11.5 Å². The second-order valence-electron chi connectivity index (χ2n) is 8.82. The molecular formula is C26H32N4O3S. The molecule has 0 bridgehead atoms. The molecule has 0 N–H and O–H groups in total. The van der Waals surface area contributed by atoms with E-state index < -0.39 is 0 Å². The summed E-state index contributed by atoms with van der Waals surface area (Å²) in [7, 11) is 5.00. The van der Waals surface area contributed by atoms with Gasteiger partial charge in [0.25, 0.3) is 0 Å². The average Bonchev–Trinajstić information content (AvgIpc) is 2.83. The number of aryl methyl sites for hydroxylation is 1. The number of methoxy groups -OCH3 is 2. The molecule has 0 radical (unpaired) electrons. The van der Waals surface area contributed by atoms with Crippen LogP contribution in [0.1, 0.15) is 43.9 Å². The van der Waals surface area contributed by atoms with Gasteiger partial charge in [0.15, 0.2) is 11.5 Å². The summed E-state index contributed by atoms with van der Waals surface area (Å²) in [5.41, 5.74) is 5.38. The minimum absolute atomic E-state index is 0.0341. The zero-order valence-corrected chi connectivity index (χ0v) is 21.5. The molecule has 0 saturated heterocycles. The molecule has 2 heterocycles. The standard InChI is InChI=1S/C26H32N4O3S/c1-7-27-24(19-11-13-21(32-5)22(16-19)33-6)30-14-8-9-17-15-18(10-12-20(17)30)23-26(2,3)34-25(31)29(4)28-23/h10-13,15-16H,7-9,14H2,1-6H3. The molecule has 4 rings (SSSR count). The third-order valence-electron chi connectivity index (χ3n) is 6.10.